The van der Waals surface area contributed by atoms with E-state index in [1.165, 1.54) is 6.92 Å². The molecule has 1 aromatic heterocycles. The lowest BCUT2D eigenvalue weighted by Gasteiger charge is -2.34. The van der Waals surface area contributed by atoms with E-state index in [4.69, 9.17) is 0 Å². The van der Waals surface area contributed by atoms with Crippen LogP contribution in [0.3, 0.4) is 0 Å². The molecule has 0 radical (unpaired) electrons. The highest BCUT2D eigenvalue weighted by atomic mass is 19.4. The Balaban J connectivity index is 1.92. The summed E-state index contributed by atoms with van der Waals surface area (Å²) in [4.78, 5) is 19.1. The third-order valence-electron chi connectivity index (χ3n) is 3.31. The first-order valence-corrected chi connectivity index (χ1v) is 6.75. The quantitative estimate of drug-likeness (QED) is 0.838. The molecule has 1 unspecified atom stereocenters. The fourth-order valence-electron chi connectivity index (χ4n) is 2.08. The Labute approximate surface area is 128 Å². The van der Waals surface area contributed by atoms with Gasteiger partial charge in [-0.1, -0.05) is 0 Å². The number of rotatable bonds is 5. The van der Waals surface area contributed by atoms with Gasteiger partial charge in [0, 0.05) is 24.8 Å². The molecule has 1 saturated carbocycles. The maximum Gasteiger partial charge on any atom is 0.422 e. The van der Waals surface area contributed by atoms with E-state index in [0.29, 0.717) is 0 Å². The van der Waals surface area contributed by atoms with Gasteiger partial charge in [0.05, 0.1) is 11.7 Å². The topological polar surface area (TPSA) is 64.1 Å². The van der Waals surface area contributed by atoms with Crippen molar-refractivity contribution in [2.45, 2.75) is 37.9 Å². The van der Waals surface area contributed by atoms with Crippen molar-refractivity contribution in [1.82, 2.24) is 15.3 Å². The number of amides is 1. The molecule has 10 heteroatoms. The number of hydrogen-bond acceptors (Lipinski definition) is 4. The summed E-state index contributed by atoms with van der Waals surface area (Å²) in [6.07, 6.45) is -4.51. The fourth-order valence-corrected chi connectivity index (χ4v) is 2.08. The highest BCUT2D eigenvalue weighted by Crippen LogP contribution is 2.42. The van der Waals surface area contributed by atoms with Gasteiger partial charge in [0.15, 0.2) is 6.61 Å². The first kappa shape index (κ1) is 17.4. The van der Waals surface area contributed by atoms with E-state index in [9.17, 15) is 26.7 Å². The molecule has 1 amide bonds. The van der Waals surface area contributed by atoms with Gasteiger partial charge in [-0.05, 0) is 6.92 Å². The van der Waals surface area contributed by atoms with E-state index in [1.807, 2.05) is 0 Å². The van der Waals surface area contributed by atoms with Crippen molar-refractivity contribution < 1.29 is 31.5 Å². The largest absolute Gasteiger partial charge is 0.468 e. The monoisotopic (exact) mass is 339 g/mol. The fraction of sp³-hybridized carbons (Fsp3) is 0.615. The van der Waals surface area contributed by atoms with Crippen molar-refractivity contribution in [2.75, 3.05) is 6.61 Å². The van der Waals surface area contributed by atoms with Crippen molar-refractivity contribution in [1.29, 1.82) is 0 Å². The highest BCUT2D eigenvalue weighted by molar-refractivity contribution is 5.80. The van der Waals surface area contributed by atoms with Crippen LogP contribution in [0.4, 0.5) is 22.0 Å². The molecular weight excluding hydrogens is 325 g/mol. The van der Waals surface area contributed by atoms with E-state index >= 15 is 0 Å². The van der Waals surface area contributed by atoms with Crippen LogP contribution in [-0.4, -0.2) is 34.6 Å². The molecule has 128 valence electrons. The molecule has 2 rings (SSSR count). The van der Waals surface area contributed by atoms with E-state index in [2.05, 4.69) is 20.0 Å². The maximum atomic E-state index is 12.7. The number of halogens is 5. The lowest BCUT2D eigenvalue weighted by molar-refractivity contribution is -0.154. The smallest absolute Gasteiger partial charge is 0.422 e. The second-order valence-corrected chi connectivity index (χ2v) is 5.38. The molecule has 23 heavy (non-hydrogen) atoms. The van der Waals surface area contributed by atoms with Crippen LogP contribution in [0.2, 0.25) is 0 Å². The number of carbonyl (C=O) groups is 1. The molecular formula is C13H14F5N3O2. The minimum atomic E-state index is -4.50. The third kappa shape index (κ3) is 5.00. The summed E-state index contributed by atoms with van der Waals surface area (Å²) in [5.41, 5.74) is 0.219. The molecule has 1 aliphatic rings. The Morgan fingerprint density at radius 1 is 1.43 bits per heavy atom. The van der Waals surface area contributed by atoms with Crippen LogP contribution in [0, 0.1) is 5.92 Å². The van der Waals surface area contributed by atoms with Crippen LogP contribution in [0.25, 0.3) is 0 Å². The van der Waals surface area contributed by atoms with Gasteiger partial charge >= 0.3 is 6.18 Å². The Kier molecular flexibility index (Phi) is 4.71. The van der Waals surface area contributed by atoms with Crippen molar-refractivity contribution in [3.8, 4) is 5.88 Å². The molecule has 1 aromatic rings. The summed E-state index contributed by atoms with van der Waals surface area (Å²) in [7, 11) is 0. The van der Waals surface area contributed by atoms with Gasteiger partial charge in [-0.2, -0.15) is 13.2 Å². The van der Waals surface area contributed by atoms with Crippen molar-refractivity contribution in [3.63, 3.8) is 0 Å². The number of hydrogen-bond donors (Lipinski definition) is 1. The minimum absolute atomic E-state index is 0.219. The number of nitrogens with one attached hydrogen (secondary N) is 1. The molecule has 0 saturated heterocycles. The Bertz CT molecular complexity index is 571. The van der Waals surface area contributed by atoms with E-state index in [1.54, 1.807) is 0 Å². The number of alkyl halides is 5. The average Bonchev–Trinajstić information content (AvgIpc) is 2.42. The van der Waals surface area contributed by atoms with Gasteiger partial charge in [-0.25, -0.2) is 18.7 Å². The number of carbonyl (C=O) groups excluding carboxylic acids is 1. The molecule has 5 nitrogen and oxygen atoms in total. The predicted molar refractivity (Wildman–Crippen MR) is 67.8 cm³/mol. The van der Waals surface area contributed by atoms with Gasteiger partial charge in [0.2, 0.25) is 17.7 Å². The predicted octanol–water partition coefficient (Wildman–Crippen LogP) is 2.64. The van der Waals surface area contributed by atoms with Crippen LogP contribution in [-0.2, 0) is 4.79 Å². The molecule has 1 fully saturated rings. The molecule has 0 spiro atoms. The summed E-state index contributed by atoms with van der Waals surface area (Å²) < 4.78 is 66.2. The highest BCUT2D eigenvalue weighted by Gasteiger charge is 2.48. The van der Waals surface area contributed by atoms with Crippen LogP contribution in [0.5, 0.6) is 5.88 Å². The first-order chi connectivity index (χ1) is 10.6. The van der Waals surface area contributed by atoms with Gasteiger partial charge < -0.3 is 10.1 Å². The lowest BCUT2D eigenvalue weighted by Crippen LogP contribution is -2.45. The molecule has 0 bridgehead atoms. The zero-order chi connectivity index (χ0) is 17.3. The van der Waals surface area contributed by atoms with E-state index < -0.39 is 49.4 Å². The molecule has 1 atom stereocenters. The molecule has 1 N–H and O–H groups in total. The normalized spacial score (nSPS) is 18.9. The number of nitrogens with zero attached hydrogens (tertiary/aromatic N) is 2. The zero-order valence-corrected chi connectivity index (χ0v) is 12.0. The average molecular weight is 339 g/mol. The van der Waals surface area contributed by atoms with Crippen LogP contribution >= 0.6 is 0 Å². The van der Waals surface area contributed by atoms with Gasteiger partial charge in [-0.15, -0.1) is 0 Å². The molecule has 0 aromatic carbocycles. The zero-order valence-electron chi connectivity index (χ0n) is 12.0. The van der Waals surface area contributed by atoms with Gasteiger partial charge in [0.1, 0.15) is 6.33 Å². The Morgan fingerprint density at radius 3 is 2.65 bits per heavy atom. The Hall–Kier alpha value is -2.00. The summed E-state index contributed by atoms with van der Waals surface area (Å²) in [5, 5.41) is 2.50. The van der Waals surface area contributed by atoms with Crippen LogP contribution in [0.15, 0.2) is 12.4 Å². The van der Waals surface area contributed by atoms with Crippen LogP contribution < -0.4 is 10.1 Å². The number of ether oxygens (including phenoxy) is 1. The van der Waals surface area contributed by atoms with E-state index in [-0.39, 0.29) is 11.6 Å². The van der Waals surface area contributed by atoms with Crippen molar-refractivity contribution in [2.24, 2.45) is 5.92 Å². The molecule has 0 aliphatic heterocycles. The summed E-state index contributed by atoms with van der Waals surface area (Å²) in [6, 6.07) is 0.486. The summed E-state index contributed by atoms with van der Waals surface area (Å²) in [5.74, 6) is -4.41. The Morgan fingerprint density at radius 2 is 2.09 bits per heavy atom. The second-order valence-electron chi connectivity index (χ2n) is 5.38. The van der Waals surface area contributed by atoms with Crippen molar-refractivity contribution >= 4 is 5.91 Å². The standard InChI is InChI=1S/C13H14F5N3O2/c1-7(21-11(22)8-3-12(14,15)4-8)9-2-10(20-6-19-9)23-5-13(16,17)18/h2,6-8H,3-5H2,1H3,(H,21,22). The summed E-state index contributed by atoms with van der Waals surface area (Å²) in [6.45, 7) is 0.0337. The summed E-state index contributed by atoms with van der Waals surface area (Å²) >= 11 is 0. The maximum absolute atomic E-state index is 12.7. The SMILES string of the molecule is CC(NC(=O)C1CC(F)(F)C1)c1cc(OCC(F)(F)F)ncn1. The third-order valence-corrected chi connectivity index (χ3v) is 3.31. The van der Waals surface area contributed by atoms with E-state index in [0.717, 1.165) is 12.4 Å². The van der Waals surface area contributed by atoms with Crippen LogP contribution in [0.1, 0.15) is 31.5 Å². The minimum Gasteiger partial charge on any atom is -0.468 e. The lowest BCUT2D eigenvalue weighted by atomic mass is 9.80. The molecule has 1 aliphatic carbocycles. The first-order valence-electron chi connectivity index (χ1n) is 6.75. The van der Waals surface area contributed by atoms with Crippen molar-refractivity contribution in [3.05, 3.63) is 18.1 Å². The molecule has 1 heterocycles. The second kappa shape index (κ2) is 6.25. The van der Waals surface area contributed by atoms with Gasteiger partial charge in [-0.3, -0.25) is 4.79 Å². The number of aromatic nitrogens is 2. The van der Waals surface area contributed by atoms with Gasteiger partial charge in [0.25, 0.3) is 0 Å².